The predicted molar refractivity (Wildman–Crippen MR) is 61.2 cm³/mol. The molecule has 0 radical (unpaired) electrons. The Hall–Kier alpha value is -0.690. The second-order valence-corrected chi connectivity index (χ2v) is 5.03. The fourth-order valence-corrected chi connectivity index (χ4v) is 1.41. The number of unbranched alkanes of at least 4 members (excludes halogenated alkanes) is 4. The van der Waals surface area contributed by atoms with Gasteiger partial charge in [-0.05, 0) is 23.8 Å². The first-order valence-electron chi connectivity index (χ1n) is 5.57. The van der Waals surface area contributed by atoms with Crippen LogP contribution in [0.25, 0.3) is 10.4 Å². The van der Waals surface area contributed by atoms with Crippen molar-refractivity contribution in [2.45, 2.75) is 59.3 Å². The normalized spacial score (nSPS) is 11.1. The molecule has 0 atom stereocenters. The van der Waals surface area contributed by atoms with Gasteiger partial charge < -0.3 is 0 Å². The van der Waals surface area contributed by atoms with Crippen LogP contribution in [0.15, 0.2) is 5.11 Å². The Bertz CT molecular complexity index is 175. The lowest BCUT2D eigenvalue weighted by molar-refractivity contribution is 0.357. The number of nitrogens with zero attached hydrogens (tertiary/aromatic N) is 3. The van der Waals surface area contributed by atoms with Gasteiger partial charge in [-0.1, -0.05) is 51.6 Å². The maximum atomic E-state index is 8.05. The Labute approximate surface area is 87.5 Å². The summed E-state index contributed by atoms with van der Waals surface area (Å²) >= 11 is 0. The van der Waals surface area contributed by atoms with Gasteiger partial charge in [0.15, 0.2) is 0 Å². The smallest absolute Gasteiger partial charge is 0.0257 e. The molecule has 0 bridgehead atoms. The van der Waals surface area contributed by atoms with E-state index in [0.717, 1.165) is 6.42 Å². The third-order valence-corrected chi connectivity index (χ3v) is 2.25. The summed E-state index contributed by atoms with van der Waals surface area (Å²) in [5.74, 6) is 0. The van der Waals surface area contributed by atoms with Gasteiger partial charge in [0.25, 0.3) is 0 Å². The molecule has 3 heteroatoms. The lowest BCUT2D eigenvalue weighted by atomic mass is 9.89. The van der Waals surface area contributed by atoms with E-state index >= 15 is 0 Å². The maximum Gasteiger partial charge on any atom is 0.0257 e. The summed E-state index contributed by atoms with van der Waals surface area (Å²) in [6.45, 7) is 7.52. The van der Waals surface area contributed by atoms with Crippen molar-refractivity contribution in [3.63, 3.8) is 0 Å². The van der Waals surface area contributed by atoms with Crippen molar-refractivity contribution in [3.05, 3.63) is 10.4 Å². The average Bonchev–Trinajstić information content (AvgIpc) is 2.08. The molecule has 0 amide bonds. The zero-order valence-corrected chi connectivity index (χ0v) is 9.79. The van der Waals surface area contributed by atoms with E-state index in [1.165, 1.54) is 32.1 Å². The summed E-state index contributed by atoms with van der Waals surface area (Å²) in [5, 5.41) is 3.51. The minimum atomic E-state index is 0.477. The fourth-order valence-electron chi connectivity index (χ4n) is 1.41. The van der Waals surface area contributed by atoms with Gasteiger partial charge in [0, 0.05) is 11.5 Å². The molecule has 82 valence electrons. The molecule has 0 N–H and O–H groups in total. The van der Waals surface area contributed by atoms with Crippen molar-refractivity contribution in [1.82, 2.24) is 0 Å². The number of hydrogen-bond donors (Lipinski definition) is 0. The Morgan fingerprint density at radius 2 is 1.57 bits per heavy atom. The van der Waals surface area contributed by atoms with Gasteiger partial charge in [0.05, 0.1) is 0 Å². The molecular formula is C11H23N3. The Balaban J connectivity index is 3.10. The van der Waals surface area contributed by atoms with Gasteiger partial charge >= 0.3 is 0 Å². The zero-order valence-electron chi connectivity index (χ0n) is 9.79. The first kappa shape index (κ1) is 13.3. The van der Waals surface area contributed by atoms with E-state index in [-0.39, 0.29) is 0 Å². The molecule has 0 aromatic heterocycles. The van der Waals surface area contributed by atoms with Crippen LogP contribution in [-0.2, 0) is 0 Å². The van der Waals surface area contributed by atoms with Crippen LogP contribution in [0.3, 0.4) is 0 Å². The Kier molecular flexibility index (Phi) is 7.31. The molecule has 0 aliphatic carbocycles. The SMILES string of the molecule is CC(C)(C)CCCCCCCN=[N+]=[N-]. The molecule has 0 heterocycles. The Morgan fingerprint density at radius 3 is 2.14 bits per heavy atom. The van der Waals surface area contributed by atoms with Crippen LogP contribution in [0.1, 0.15) is 59.3 Å². The fraction of sp³-hybridized carbons (Fsp3) is 1.00. The average molecular weight is 197 g/mol. The summed E-state index contributed by atoms with van der Waals surface area (Å²) in [6.07, 6.45) is 7.46. The Morgan fingerprint density at radius 1 is 1.00 bits per heavy atom. The lowest BCUT2D eigenvalue weighted by Gasteiger charge is -2.17. The maximum absolute atomic E-state index is 8.05. The quantitative estimate of drug-likeness (QED) is 0.246. The van der Waals surface area contributed by atoms with Crippen LogP contribution < -0.4 is 0 Å². The number of azide groups is 1. The van der Waals surface area contributed by atoms with Crippen molar-refractivity contribution in [2.24, 2.45) is 10.5 Å². The van der Waals surface area contributed by atoms with Gasteiger partial charge in [-0.3, -0.25) is 0 Å². The summed E-state index contributed by atoms with van der Waals surface area (Å²) in [5.41, 5.74) is 8.53. The third kappa shape index (κ3) is 11.3. The standard InChI is InChI=1S/C11H23N3/c1-11(2,3)9-7-5-4-6-8-10-13-14-12/h4-10H2,1-3H3. The largest absolute Gasteiger partial charge is 0.0940 e. The third-order valence-electron chi connectivity index (χ3n) is 2.25. The summed E-state index contributed by atoms with van der Waals surface area (Å²) < 4.78 is 0. The summed E-state index contributed by atoms with van der Waals surface area (Å²) in [7, 11) is 0. The molecule has 0 aliphatic heterocycles. The van der Waals surface area contributed by atoms with Gasteiger partial charge in [-0.25, -0.2) is 0 Å². The van der Waals surface area contributed by atoms with E-state index in [0.29, 0.717) is 12.0 Å². The minimum absolute atomic E-state index is 0.477. The molecule has 0 rings (SSSR count). The molecule has 0 aromatic carbocycles. The zero-order chi connectivity index (χ0) is 10.9. The van der Waals surface area contributed by atoms with E-state index < -0.39 is 0 Å². The lowest BCUT2D eigenvalue weighted by Crippen LogP contribution is -2.03. The van der Waals surface area contributed by atoms with Crippen molar-refractivity contribution in [1.29, 1.82) is 0 Å². The highest BCUT2D eigenvalue weighted by Crippen LogP contribution is 2.22. The molecule has 14 heavy (non-hydrogen) atoms. The predicted octanol–water partition coefficient (Wildman–Crippen LogP) is 4.68. The number of hydrogen-bond acceptors (Lipinski definition) is 1. The second kappa shape index (κ2) is 7.69. The highest BCUT2D eigenvalue weighted by atomic mass is 15.1. The van der Waals surface area contributed by atoms with Gasteiger partial charge in [-0.2, -0.15) is 0 Å². The van der Waals surface area contributed by atoms with Crippen LogP contribution in [0, 0.1) is 5.41 Å². The van der Waals surface area contributed by atoms with E-state index in [4.69, 9.17) is 5.53 Å². The van der Waals surface area contributed by atoms with E-state index in [2.05, 4.69) is 30.8 Å². The van der Waals surface area contributed by atoms with Crippen molar-refractivity contribution in [3.8, 4) is 0 Å². The van der Waals surface area contributed by atoms with E-state index in [9.17, 15) is 0 Å². The molecule has 0 unspecified atom stereocenters. The molecule has 0 spiro atoms. The topological polar surface area (TPSA) is 48.8 Å². The van der Waals surface area contributed by atoms with Gasteiger partial charge in [0.2, 0.25) is 0 Å². The summed E-state index contributed by atoms with van der Waals surface area (Å²) in [6, 6.07) is 0. The van der Waals surface area contributed by atoms with Crippen LogP contribution in [-0.4, -0.2) is 6.54 Å². The molecule has 0 aliphatic rings. The van der Waals surface area contributed by atoms with Crippen LogP contribution in [0.4, 0.5) is 0 Å². The van der Waals surface area contributed by atoms with E-state index in [1.54, 1.807) is 0 Å². The molecule has 0 fully saturated rings. The molecular weight excluding hydrogens is 174 g/mol. The highest BCUT2D eigenvalue weighted by Gasteiger charge is 2.08. The van der Waals surface area contributed by atoms with Crippen molar-refractivity contribution >= 4 is 0 Å². The van der Waals surface area contributed by atoms with Gasteiger partial charge in [-0.15, -0.1) is 0 Å². The van der Waals surface area contributed by atoms with Crippen LogP contribution in [0.2, 0.25) is 0 Å². The monoisotopic (exact) mass is 197 g/mol. The highest BCUT2D eigenvalue weighted by molar-refractivity contribution is 4.61. The minimum Gasteiger partial charge on any atom is -0.0940 e. The molecule has 3 nitrogen and oxygen atoms in total. The first-order valence-corrected chi connectivity index (χ1v) is 5.57. The van der Waals surface area contributed by atoms with Crippen molar-refractivity contribution in [2.75, 3.05) is 6.54 Å². The molecule has 0 saturated heterocycles. The van der Waals surface area contributed by atoms with Crippen molar-refractivity contribution < 1.29 is 0 Å². The van der Waals surface area contributed by atoms with E-state index in [1.807, 2.05) is 0 Å². The summed E-state index contributed by atoms with van der Waals surface area (Å²) in [4.78, 5) is 2.73. The first-order chi connectivity index (χ1) is 6.56. The molecule has 0 saturated carbocycles. The van der Waals surface area contributed by atoms with Crippen LogP contribution in [0.5, 0.6) is 0 Å². The second-order valence-electron chi connectivity index (χ2n) is 5.03. The molecule has 0 aromatic rings. The van der Waals surface area contributed by atoms with Crippen LogP contribution >= 0.6 is 0 Å². The van der Waals surface area contributed by atoms with Gasteiger partial charge in [0.1, 0.15) is 0 Å². The number of rotatable bonds is 7.